The standard InChI is InChI=1S/C26H29FN6O2S/c1-32(36(2,34)35)24-8-5-22(27)15-21(24)17-33-14-11-20-16-29-26(31-25(20)33)30-23-6-3-18(4-7-23)19-9-12-28-13-10-19/h3-8,11,14-16,19,28H,9-10,12-13,17H2,1-2H3,(H,29,30,31). The number of fused-ring (bicyclic) bond motifs is 1. The summed E-state index contributed by atoms with van der Waals surface area (Å²) in [5.41, 5.74) is 3.85. The zero-order chi connectivity index (χ0) is 25.3. The molecule has 8 nitrogen and oxygen atoms in total. The second-order valence-corrected chi connectivity index (χ2v) is 11.2. The largest absolute Gasteiger partial charge is 0.328 e. The lowest BCUT2D eigenvalue weighted by Crippen LogP contribution is -2.26. The summed E-state index contributed by atoms with van der Waals surface area (Å²) in [6, 6.07) is 14.4. The molecule has 2 aromatic carbocycles. The minimum Gasteiger partial charge on any atom is -0.328 e. The average molecular weight is 509 g/mol. The molecule has 2 N–H and O–H groups in total. The second-order valence-electron chi connectivity index (χ2n) is 9.19. The number of hydrogen-bond donors (Lipinski definition) is 2. The number of halogens is 1. The van der Waals surface area contributed by atoms with Crippen LogP contribution in [0.2, 0.25) is 0 Å². The van der Waals surface area contributed by atoms with Crippen molar-refractivity contribution in [3.63, 3.8) is 0 Å². The highest BCUT2D eigenvalue weighted by molar-refractivity contribution is 7.92. The summed E-state index contributed by atoms with van der Waals surface area (Å²) in [6.45, 7) is 2.36. The number of nitrogens with zero attached hydrogens (tertiary/aromatic N) is 4. The number of aromatic nitrogens is 3. The van der Waals surface area contributed by atoms with Crippen molar-refractivity contribution in [2.75, 3.05) is 36.0 Å². The Morgan fingerprint density at radius 3 is 2.61 bits per heavy atom. The molecule has 3 heterocycles. The Morgan fingerprint density at radius 1 is 1.14 bits per heavy atom. The summed E-state index contributed by atoms with van der Waals surface area (Å²) < 4.78 is 41.3. The minimum absolute atomic E-state index is 0.248. The number of nitrogens with one attached hydrogen (secondary N) is 2. The molecule has 0 spiro atoms. The molecule has 5 rings (SSSR count). The minimum atomic E-state index is -3.50. The number of anilines is 3. The third-order valence-corrected chi connectivity index (χ3v) is 7.89. The van der Waals surface area contributed by atoms with E-state index in [1.54, 1.807) is 6.20 Å². The number of piperidine rings is 1. The van der Waals surface area contributed by atoms with Crippen LogP contribution in [0.5, 0.6) is 0 Å². The smallest absolute Gasteiger partial charge is 0.232 e. The molecule has 10 heteroatoms. The van der Waals surface area contributed by atoms with Crippen LogP contribution in [0.15, 0.2) is 60.9 Å². The van der Waals surface area contributed by atoms with Gasteiger partial charge in [0.25, 0.3) is 0 Å². The van der Waals surface area contributed by atoms with Crippen LogP contribution in [-0.4, -0.2) is 49.3 Å². The van der Waals surface area contributed by atoms with Crippen molar-refractivity contribution in [2.45, 2.75) is 25.3 Å². The molecule has 0 bridgehead atoms. The first-order valence-corrected chi connectivity index (χ1v) is 13.7. The lowest BCUT2D eigenvalue weighted by Gasteiger charge is -2.23. The summed E-state index contributed by atoms with van der Waals surface area (Å²) in [5.74, 6) is 0.604. The van der Waals surface area contributed by atoms with Crippen molar-refractivity contribution in [3.8, 4) is 0 Å². The molecule has 0 amide bonds. The highest BCUT2D eigenvalue weighted by Crippen LogP contribution is 2.28. The number of hydrogen-bond acceptors (Lipinski definition) is 6. The van der Waals surface area contributed by atoms with Crippen molar-refractivity contribution in [1.82, 2.24) is 19.9 Å². The van der Waals surface area contributed by atoms with Gasteiger partial charge >= 0.3 is 0 Å². The van der Waals surface area contributed by atoms with Crippen LogP contribution in [-0.2, 0) is 16.6 Å². The summed E-state index contributed by atoms with van der Waals surface area (Å²) in [7, 11) is -2.04. The van der Waals surface area contributed by atoms with Crippen molar-refractivity contribution < 1.29 is 12.8 Å². The number of sulfonamides is 1. The molecule has 0 aliphatic carbocycles. The van der Waals surface area contributed by atoms with Gasteiger partial charge in [0.05, 0.1) is 18.5 Å². The zero-order valence-electron chi connectivity index (χ0n) is 20.3. The maximum absolute atomic E-state index is 14.1. The lowest BCUT2D eigenvalue weighted by molar-refractivity contribution is 0.460. The normalized spacial score (nSPS) is 14.8. The van der Waals surface area contributed by atoms with E-state index in [0.29, 0.717) is 28.8 Å². The fraction of sp³-hybridized carbons (Fsp3) is 0.308. The average Bonchev–Trinajstić information content (AvgIpc) is 3.26. The fourth-order valence-corrected chi connectivity index (χ4v) is 5.17. The van der Waals surface area contributed by atoms with Gasteiger partial charge in [0, 0.05) is 30.5 Å². The molecule has 1 aliphatic rings. The van der Waals surface area contributed by atoms with E-state index in [2.05, 4.69) is 27.8 Å². The monoisotopic (exact) mass is 508 g/mol. The van der Waals surface area contributed by atoms with Crippen molar-refractivity contribution >= 4 is 38.4 Å². The Hall–Kier alpha value is -3.50. The molecular formula is C26H29FN6O2S. The molecule has 188 valence electrons. The summed E-state index contributed by atoms with van der Waals surface area (Å²) >= 11 is 0. The Labute approximate surface area is 210 Å². The molecule has 2 aromatic heterocycles. The number of benzene rings is 2. The van der Waals surface area contributed by atoms with E-state index in [9.17, 15) is 12.8 Å². The summed E-state index contributed by atoms with van der Waals surface area (Å²) in [5, 5.41) is 7.50. The van der Waals surface area contributed by atoms with E-state index in [0.717, 1.165) is 47.6 Å². The van der Waals surface area contributed by atoms with Crippen molar-refractivity contribution in [1.29, 1.82) is 0 Å². The van der Waals surface area contributed by atoms with Crippen molar-refractivity contribution in [2.24, 2.45) is 0 Å². The molecule has 36 heavy (non-hydrogen) atoms. The van der Waals surface area contributed by atoms with E-state index in [-0.39, 0.29) is 6.54 Å². The Balaban J connectivity index is 1.39. The van der Waals surface area contributed by atoms with Crippen LogP contribution in [0.3, 0.4) is 0 Å². The molecule has 4 aromatic rings. The Morgan fingerprint density at radius 2 is 1.89 bits per heavy atom. The summed E-state index contributed by atoms with van der Waals surface area (Å²) in [4.78, 5) is 9.13. The molecule has 1 saturated heterocycles. The van der Waals surface area contributed by atoms with Crippen LogP contribution in [0, 0.1) is 5.82 Å². The van der Waals surface area contributed by atoms with Crippen LogP contribution >= 0.6 is 0 Å². The van der Waals surface area contributed by atoms with Gasteiger partial charge in [-0.15, -0.1) is 0 Å². The van der Waals surface area contributed by atoms with Crippen LogP contribution in [0.1, 0.15) is 29.9 Å². The van der Waals surface area contributed by atoms with E-state index < -0.39 is 15.8 Å². The predicted molar refractivity (Wildman–Crippen MR) is 141 cm³/mol. The Bertz CT molecular complexity index is 1480. The van der Waals surface area contributed by atoms with E-state index in [4.69, 9.17) is 4.98 Å². The highest BCUT2D eigenvalue weighted by atomic mass is 32.2. The molecule has 0 radical (unpaired) electrons. The first-order chi connectivity index (χ1) is 17.3. The predicted octanol–water partition coefficient (Wildman–Crippen LogP) is 4.23. The zero-order valence-corrected chi connectivity index (χ0v) is 21.1. The molecule has 0 atom stereocenters. The summed E-state index contributed by atoms with van der Waals surface area (Å²) in [6.07, 6.45) is 6.99. The van der Waals surface area contributed by atoms with Gasteiger partial charge in [0.15, 0.2) is 0 Å². The van der Waals surface area contributed by atoms with Crippen LogP contribution < -0.4 is 14.9 Å². The third kappa shape index (κ3) is 5.19. The molecule has 0 saturated carbocycles. The highest BCUT2D eigenvalue weighted by Gasteiger charge is 2.18. The molecule has 1 aliphatic heterocycles. The molecule has 0 unspecified atom stereocenters. The Kier molecular flexibility index (Phi) is 6.63. The van der Waals surface area contributed by atoms with Gasteiger partial charge < -0.3 is 15.2 Å². The van der Waals surface area contributed by atoms with Gasteiger partial charge in [-0.2, -0.15) is 4.98 Å². The van der Waals surface area contributed by atoms with Gasteiger partial charge in [-0.05, 0) is 79.4 Å². The van der Waals surface area contributed by atoms with Gasteiger partial charge in [-0.25, -0.2) is 17.8 Å². The second kappa shape index (κ2) is 9.87. The fourth-order valence-electron chi connectivity index (χ4n) is 4.63. The maximum Gasteiger partial charge on any atom is 0.232 e. The quantitative estimate of drug-likeness (QED) is 0.388. The van der Waals surface area contributed by atoms with Gasteiger partial charge in [-0.1, -0.05) is 12.1 Å². The lowest BCUT2D eigenvalue weighted by atomic mass is 9.90. The van der Waals surface area contributed by atoms with Gasteiger partial charge in [0.2, 0.25) is 16.0 Å². The van der Waals surface area contributed by atoms with E-state index in [1.807, 2.05) is 29.0 Å². The van der Waals surface area contributed by atoms with Crippen LogP contribution in [0.4, 0.5) is 21.7 Å². The molecular weight excluding hydrogens is 479 g/mol. The first kappa shape index (κ1) is 24.2. The van der Waals surface area contributed by atoms with Gasteiger partial charge in [0.1, 0.15) is 11.5 Å². The van der Waals surface area contributed by atoms with E-state index >= 15 is 0 Å². The SMILES string of the molecule is CN(c1ccc(F)cc1Cn1ccc2cnc(Nc3ccc(C4CCNCC4)cc3)nc21)S(C)(=O)=O. The number of rotatable bonds is 7. The topological polar surface area (TPSA) is 92.2 Å². The third-order valence-electron chi connectivity index (χ3n) is 6.70. The van der Waals surface area contributed by atoms with Crippen LogP contribution in [0.25, 0.3) is 11.0 Å². The first-order valence-electron chi connectivity index (χ1n) is 11.9. The maximum atomic E-state index is 14.1. The van der Waals surface area contributed by atoms with Gasteiger partial charge in [-0.3, -0.25) is 4.31 Å². The molecule has 1 fully saturated rings. The van der Waals surface area contributed by atoms with E-state index in [1.165, 1.54) is 30.8 Å². The van der Waals surface area contributed by atoms with Crippen molar-refractivity contribution in [3.05, 3.63) is 77.9 Å².